The molecule has 0 aliphatic heterocycles. The molecule has 3 heteroatoms. The quantitative estimate of drug-likeness (QED) is 0.578. The molecule has 2 atom stereocenters. The van der Waals surface area contributed by atoms with Crippen LogP contribution in [-0.2, 0) is 16.1 Å². The van der Waals surface area contributed by atoms with Crippen LogP contribution in [0.2, 0.25) is 0 Å². The summed E-state index contributed by atoms with van der Waals surface area (Å²) >= 11 is 5.99. The average molecular weight is 371 g/mol. The van der Waals surface area contributed by atoms with Crippen LogP contribution in [0.1, 0.15) is 50.3 Å². The van der Waals surface area contributed by atoms with Crippen LogP contribution < -0.4 is 0 Å². The molecule has 1 aromatic rings. The fourth-order valence-corrected chi connectivity index (χ4v) is 4.03. The lowest BCUT2D eigenvalue weighted by Gasteiger charge is -2.14. The molecule has 0 aromatic heterocycles. The van der Waals surface area contributed by atoms with E-state index in [2.05, 4.69) is 45.1 Å². The van der Waals surface area contributed by atoms with E-state index in [9.17, 15) is 4.79 Å². The normalized spacial score (nSPS) is 24.2. The van der Waals surface area contributed by atoms with Crippen LogP contribution in [0.5, 0.6) is 0 Å². The molecule has 0 spiro atoms. The molecule has 1 fully saturated rings. The number of allylic oxidation sites excluding steroid dienone is 6. The lowest BCUT2D eigenvalue weighted by Crippen LogP contribution is -2.11. The van der Waals surface area contributed by atoms with Crippen molar-refractivity contribution >= 4 is 23.1 Å². The van der Waals surface area contributed by atoms with Gasteiger partial charge in [-0.15, -0.1) is 0 Å². The van der Waals surface area contributed by atoms with Crippen molar-refractivity contribution in [2.45, 2.75) is 47.1 Å². The molecule has 0 heterocycles. The zero-order valence-electron chi connectivity index (χ0n) is 16.0. The second kappa shape index (κ2) is 7.44. The van der Waals surface area contributed by atoms with E-state index in [1.807, 2.05) is 25.1 Å². The molecule has 2 aliphatic carbocycles. The number of halogens is 1. The Labute approximate surface area is 161 Å². The fraction of sp³-hybridized carbons (Fsp3) is 0.435. The smallest absolute Gasteiger partial charge is 0.310 e. The van der Waals surface area contributed by atoms with Gasteiger partial charge in [-0.3, -0.25) is 4.79 Å². The maximum atomic E-state index is 12.6. The van der Waals surface area contributed by atoms with Gasteiger partial charge in [0.1, 0.15) is 6.61 Å². The predicted octanol–water partition coefficient (Wildman–Crippen LogP) is 6.19. The highest BCUT2D eigenvalue weighted by molar-refractivity contribution is 6.29. The highest BCUT2D eigenvalue weighted by Gasteiger charge is 2.61. The topological polar surface area (TPSA) is 26.3 Å². The fourth-order valence-electron chi connectivity index (χ4n) is 3.89. The van der Waals surface area contributed by atoms with E-state index in [1.54, 1.807) is 0 Å². The summed E-state index contributed by atoms with van der Waals surface area (Å²) in [5.41, 5.74) is 4.64. The number of carbonyl (C=O) groups excluding carboxylic acids is 1. The molecule has 26 heavy (non-hydrogen) atoms. The number of rotatable bonds is 5. The monoisotopic (exact) mass is 370 g/mol. The molecule has 2 nitrogen and oxygen atoms in total. The van der Waals surface area contributed by atoms with Crippen LogP contribution in [0.3, 0.4) is 0 Å². The van der Waals surface area contributed by atoms with E-state index in [0.29, 0.717) is 6.61 Å². The summed E-state index contributed by atoms with van der Waals surface area (Å²) in [5, 5.41) is 0.732. The van der Waals surface area contributed by atoms with Crippen molar-refractivity contribution in [2.75, 3.05) is 0 Å². The van der Waals surface area contributed by atoms with Crippen LogP contribution >= 0.6 is 11.6 Å². The molecular formula is C23H27ClO2. The van der Waals surface area contributed by atoms with Crippen molar-refractivity contribution in [3.05, 3.63) is 64.2 Å². The molecule has 0 saturated heterocycles. The number of esters is 1. The largest absolute Gasteiger partial charge is 0.461 e. The first-order valence-electron chi connectivity index (χ1n) is 9.28. The Balaban J connectivity index is 1.69. The van der Waals surface area contributed by atoms with Gasteiger partial charge in [0.15, 0.2) is 0 Å². The Bertz CT molecular complexity index is 794. The Morgan fingerprint density at radius 2 is 2.12 bits per heavy atom. The average Bonchev–Trinajstić information content (AvgIpc) is 3.14. The van der Waals surface area contributed by atoms with Crippen molar-refractivity contribution in [1.29, 1.82) is 0 Å². The van der Waals surface area contributed by atoms with Gasteiger partial charge < -0.3 is 4.74 Å². The molecule has 138 valence electrons. The predicted molar refractivity (Wildman–Crippen MR) is 108 cm³/mol. The molecule has 3 rings (SSSR count). The van der Waals surface area contributed by atoms with Gasteiger partial charge in [-0.1, -0.05) is 68.0 Å². The second-order valence-electron chi connectivity index (χ2n) is 7.91. The molecule has 1 saturated carbocycles. The lowest BCUT2D eigenvalue weighted by atomic mass is 9.93. The zero-order chi connectivity index (χ0) is 18.9. The molecule has 0 N–H and O–H groups in total. The summed E-state index contributed by atoms with van der Waals surface area (Å²) in [7, 11) is 0. The van der Waals surface area contributed by atoms with Gasteiger partial charge in [-0.25, -0.2) is 0 Å². The molecule has 1 aromatic carbocycles. The number of ether oxygens (including phenoxy) is 1. The van der Waals surface area contributed by atoms with Crippen molar-refractivity contribution in [1.82, 2.24) is 0 Å². The van der Waals surface area contributed by atoms with Crippen molar-refractivity contribution in [2.24, 2.45) is 17.3 Å². The molecule has 0 unspecified atom stereocenters. The third-order valence-corrected chi connectivity index (χ3v) is 5.82. The van der Waals surface area contributed by atoms with Gasteiger partial charge in [-0.2, -0.15) is 0 Å². The Morgan fingerprint density at radius 3 is 2.77 bits per heavy atom. The van der Waals surface area contributed by atoms with Crippen molar-refractivity contribution < 1.29 is 9.53 Å². The van der Waals surface area contributed by atoms with Gasteiger partial charge in [0.05, 0.1) is 5.92 Å². The van der Waals surface area contributed by atoms with Gasteiger partial charge in [0, 0.05) is 5.03 Å². The standard InChI is InChI=1S/C23H27ClO2/c1-15(24)13-20-21(23(20,3)4)22(25)26-14-18-11-8-12-19(16(18)2)17-9-6-5-7-10-17/h6,8-13,20-21H,5,7,14H2,1-4H3/b15-13-/t20-,21-/m1/s1. The minimum Gasteiger partial charge on any atom is -0.461 e. The Hall–Kier alpha value is -1.80. The molecule has 0 radical (unpaired) electrons. The van der Waals surface area contributed by atoms with E-state index < -0.39 is 0 Å². The summed E-state index contributed by atoms with van der Waals surface area (Å²) in [6, 6.07) is 6.21. The van der Waals surface area contributed by atoms with Crippen LogP contribution in [0, 0.1) is 24.2 Å². The van der Waals surface area contributed by atoms with E-state index in [0.717, 1.165) is 23.4 Å². The Morgan fingerprint density at radius 1 is 1.35 bits per heavy atom. The highest BCUT2D eigenvalue weighted by Crippen LogP contribution is 2.60. The molecule has 2 aliphatic rings. The summed E-state index contributed by atoms with van der Waals surface area (Å²) in [6.07, 6.45) is 10.8. The number of hydrogen-bond donors (Lipinski definition) is 0. The zero-order valence-corrected chi connectivity index (χ0v) is 16.8. The summed E-state index contributed by atoms with van der Waals surface area (Å²) < 4.78 is 5.67. The van der Waals surface area contributed by atoms with Crippen LogP contribution in [-0.4, -0.2) is 5.97 Å². The summed E-state index contributed by atoms with van der Waals surface area (Å²) in [4.78, 5) is 12.6. The third kappa shape index (κ3) is 3.81. The third-order valence-electron chi connectivity index (χ3n) is 5.70. The highest BCUT2D eigenvalue weighted by atomic mass is 35.5. The minimum atomic E-state index is -0.129. The van der Waals surface area contributed by atoms with E-state index in [1.165, 1.54) is 16.7 Å². The van der Waals surface area contributed by atoms with Crippen LogP contribution in [0.15, 0.2) is 47.5 Å². The number of benzene rings is 1. The van der Waals surface area contributed by atoms with E-state index >= 15 is 0 Å². The first-order valence-corrected chi connectivity index (χ1v) is 9.66. The lowest BCUT2D eigenvalue weighted by molar-refractivity contribution is -0.147. The Kier molecular flexibility index (Phi) is 5.43. The van der Waals surface area contributed by atoms with Crippen molar-refractivity contribution in [3.63, 3.8) is 0 Å². The summed E-state index contributed by atoms with van der Waals surface area (Å²) in [6.45, 7) is 8.45. The van der Waals surface area contributed by atoms with E-state index in [4.69, 9.17) is 16.3 Å². The van der Waals surface area contributed by atoms with Gasteiger partial charge >= 0.3 is 5.97 Å². The molecule has 0 bridgehead atoms. The maximum Gasteiger partial charge on any atom is 0.310 e. The number of hydrogen-bond acceptors (Lipinski definition) is 2. The first kappa shape index (κ1) is 19.0. The second-order valence-corrected chi connectivity index (χ2v) is 8.51. The maximum absolute atomic E-state index is 12.6. The minimum absolute atomic E-state index is 0.0815. The number of carbonyl (C=O) groups is 1. The van der Waals surface area contributed by atoms with Crippen LogP contribution in [0.4, 0.5) is 0 Å². The van der Waals surface area contributed by atoms with E-state index in [-0.39, 0.29) is 23.2 Å². The summed E-state index contributed by atoms with van der Waals surface area (Å²) in [5.74, 6) is -0.0723. The van der Waals surface area contributed by atoms with Gasteiger partial charge in [0.25, 0.3) is 0 Å². The van der Waals surface area contributed by atoms with Gasteiger partial charge in [0.2, 0.25) is 0 Å². The molecular weight excluding hydrogens is 344 g/mol. The van der Waals surface area contributed by atoms with Crippen LogP contribution in [0.25, 0.3) is 5.57 Å². The SMILES string of the molecule is C/C(Cl)=C/[C@@H]1[C@H](C(=O)OCc2cccc(C3=CCCC=C3)c2C)C1(C)C. The van der Waals surface area contributed by atoms with Gasteiger partial charge in [-0.05, 0) is 60.3 Å². The van der Waals surface area contributed by atoms with Crippen molar-refractivity contribution in [3.8, 4) is 0 Å². The molecule has 0 amide bonds. The first-order chi connectivity index (χ1) is 12.3.